The molecule has 2 rings (SSSR count). The maximum atomic E-state index is 5.85. The van der Waals surface area contributed by atoms with Gasteiger partial charge in [0, 0.05) is 0 Å². The molecule has 0 unspecified atom stereocenters. The van der Waals surface area contributed by atoms with E-state index in [2.05, 4.69) is 47.8 Å². The number of unbranched alkanes of at least 4 members (excludes halogenated alkanes) is 5. The molecule has 1 N–H and O–H groups in total. The molecule has 2 aromatic rings. The van der Waals surface area contributed by atoms with Gasteiger partial charge in [-0.05, 0) is 49.3 Å². The third kappa shape index (κ3) is 5.76. The number of nitrogens with one attached hydrogen (secondary N) is 1. The van der Waals surface area contributed by atoms with Crippen molar-refractivity contribution >= 4 is 10.8 Å². The molecule has 114 valence electrons. The zero-order chi connectivity index (χ0) is 14.8. The van der Waals surface area contributed by atoms with E-state index in [1.165, 1.54) is 42.9 Å². The van der Waals surface area contributed by atoms with Crippen molar-refractivity contribution in [2.45, 2.75) is 38.5 Å². The smallest absolute Gasteiger partial charge is 0.119 e. The van der Waals surface area contributed by atoms with E-state index in [1.807, 2.05) is 7.05 Å². The first kappa shape index (κ1) is 15.8. The molecule has 0 spiro atoms. The van der Waals surface area contributed by atoms with Crippen LogP contribution >= 0.6 is 0 Å². The summed E-state index contributed by atoms with van der Waals surface area (Å²) < 4.78 is 5.85. The second-order valence-electron chi connectivity index (χ2n) is 5.58. The van der Waals surface area contributed by atoms with E-state index in [4.69, 9.17) is 4.74 Å². The lowest BCUT2D eigenvalue weighted by Gasteiger charge is -2.07. The summed E-state index contributed by atoms with van der Waals surface area (Å²) in [5.41, 5.74) is 0. The average molecular weight is 285 g/mol. The minimum absolute atomic E-state index is 0.828. The summed E-state index contributed by atoms with van der Waals surface area (Å²) in [6.07, 6.45) is 7.73. The third-order valence-electron chi connectivity index (χ3n) is 3.81. The van der Waals surface area contributed by atoms with E-state index in [1.54, 1.807) is 0 Å². The Bertz CT molecular complexity index is 524. The van der Waals surface area contributed by atoms with Gasteiger partial charge in [-0.25, -0.2) is 0 Å². The van der Waals surface area contributed by atoms with Gasteiger partial charge in [0.2, 0.25) is 0 Å². The van der Waals surface area contributed by atoms with Gasteiger partial charge in [0.1, 0.15) is 5.75 Å². The molecular formula is C19H27NO. The quantitative estimate of drug-likeness (QED) is 0.634. The molecule has 0 aliphatic rings. The maximum Gasteiger partial charge on any atom is 0.119 e. The van der Waals surface area contributed by atoms with E-state index in [0.717, 1.165) is 25.3 Å². The van der Waals surface area contributed by atoms with Crippen LogP contribution in [0.2, 0.25) is 0 Å². The fraction of sp³-hybridized carbons (Fsp3) is 0.474. The highest BCUT2D eigenvalue weighted by Crippen LogP contribution is 2.20. The van der Waals surface area contributed by atoms with Crippen LogP contribution in [0.4, 0.5) is 0 Å². The second-order valence-corrected chi connectivity index (χ2v) is 5.58. The van der Waals surface area contributed by atoms with Gasteiger partial charge in [-0.1, -0.05) is 56.0 Å². The van der Waals surface area contributed by atoms with Crippen LogP contribution in [-0.2, 0) is 0 Å². The van der Waals surface area contributed by atoms with Crippen LogP contribution in [0.25, 0.3) is 10.8 Å². The topological polar surface area (TPSA) is 21.3 Å². The second kappa shape index (κ2) is 9.41. The summed E-state index contributed by atoms with van der Waals surface area (Å²) >= 11 is 0. The molecule has 2 heteroatoms. The minimum atomic E-state index is 0.828. The van der Waals surface area contributed by atoms with E-state index in [9.17, 15) is 0 Å². The van der Waals surface area contributed by atoms with E-state index in [-0.39, 0.29) is 0 Å². The SMILES string of the molecule is CNCCCCCCCCOc1ccc2ccccc2c1. The Morgan fingerprint density at radius 2 is 1.52 bits per heavy atom. The lowest BCUT2D eigenvalue weighted by atomic mass is 10.1. The standard InChI is InChI=1S/C19H27NO/c1-20-14-8-4-2-3-5-9-15-21-19-13-12-17-10-6-7-11-18(17)16-19/h6-7,10-13,16,20H,2-5,8-9,14-15H2,1H3. The number of hydrogen-bond donors (Lipinski definition) is 1. The van der Waals surface area contributed by atoms with Crippen LogP contribution in [0.3, 0.4) is 0 Å². The van der Waals surface area contributed by atoms with E-state index >= 15 is 0 Å². The number of benzene rings is 2. The van der Waals surface area contributed by atoms with Gasteiger partial charge in [-0.2, -0.15) is 0 Å². The van der Waals surface area contributed by atoms with Crippen molar-refractivity contribution in [2.24, 2.45) is 0 Å². The van der Waals surface area contributed by atoms with Gasteiger partial charge >= 0.3 is 0 Å². The summed E-state index contributed by atoms with van der Waals surface area (Å²) in [5, 5.41) is 5.71. The largest absolute Gasteiger partial charge is 0.494 e. The monoisotopic (exact) mass is 285 g/mol. The normalized spacial score (nSPS) is 10.9. The van der Waals surface area contributed by atoms with Crippen LogP contribution in [0.15, 0.2) is 42.5 Å². The fourth-order valence-electron chi connectivity index (χ4n) is 2.56. The highest BCUT2D eigenvalue weighted by Gasteiger charge is 1.97. The highest BCUT2D eigenvalue weighted by molar-refractivity contribution is 5.83. The van der Waals surface area contributed by atoms with Crippen molar-refractivity contribution in [1.82, 2.24) is 5.32 Å². The van der Waals surface area contributed by atoms with E-state index < -0.39 is 0 Å². The minimum Gasteiger partial charge on any atom is -0.494 e. The van der Waals surface area contributed by atoms with Crippen molar-refractivity contribution in [3.05, 3.63) is 42.5 Å². The lowest BCUT2D eigenvalue weighted by Crippen LogP contribution is -2.06. The van der Waals surface area contributed by atoms with Crippen LogP contribution in [0.5, 0.6) is 5.75 Å². The lowest BCUT2D eigenvalue weighted by molar-refractivity contribution is 0.304. The van der Waals surface area contributed by atoms with Gasteiger partial charge < -0.3 is 10.1 Å². The van der Waals surface area contributed by atoms with Crippen molar-refractivity contribution < 1.29 is 4.74 Å². The molecule has 0 aliphatic carbocycles. The first-order valence-electron chi connectivity index (χ1n) is 8.16. The Balaban J connectivity index is 1.59. The summed E-state index contributed by atoms with van der Waals surface area (Å²) in [6.45, 7) is 1.97. The molecule has 0 saturated heterocycles. The van der Waals surface area contributed by atoms with Crippen LogP contribution in [0.1, 0.15) is 38.5 Å². The van der Waals surface area contributed by atoms with E-state index in [0.29, 0.717) is 0 Å². The van der Waals surface area contributed by atoms with Crippen molar-refractivity contribution in [3.63, 3.8) is 0 Å². The van der Waals surface area contributed by atoms with Crippen LogP contribution in [0, 0.1) is 0 Å². The fourth-order valence-corrected chi connectivity index (χ4v) is 2.56. The molecule has 0 amide bonds. The molecule has 0 aromatic heterocycles. The predicted molar refractivity (Wildman–Crippen MR) is 91.1 cm³/mol. The Kier molecular flexibility index (Phi) is 7.10. The van der Waals surface area contributed by atoms with Gasteiger partial charge in [0.05, 0.1) is 6.61 Å². The Hall–Kier alpha value is -1.54. The zero-order valence-corrected chi connectivity index (χ0v) is 13.1. The zero-order valence-electron chi connectivity index (χ0n) is 13.1. The molecule has 0 heterocycles. The summed E-state index contributed by atoms with van der Waals surface area (Å²) in [4.78, 5) is 0. The molecule has 0 fully saturated rings. The molecule has 0 atom stereocenters. The van der Waals surface area contributed by atoms with Gasteiger partial charge in [0.25, 0.3) is 0 Å². The van der Waals surface area contributed by atoms with Gasteiger partial charge in [0.15, 0.2) is 0 Å². The molecule has 0 saturated carbocycles. The Morgan fingerprint density at radius 3 is 2.33 bits per heavy atom. The molecule has 21 heavy (non-hydrogen) atoms. The number of hydrogen-bond acceptors (Lipinski definition) is 2. The van der Waals surface area contributed by atoms with Gasteiger partial charge in [-0.3, -0.25) is 0 Å². The summed E-state index contributed by atoms with van der Waals surface area (Å²) in [5.74, 6) is 0.989. The maximum absolute atomic E-state index is 5.85. The highest BCUT2D eigenvalue weighted by atomic mass is 16.5. The number of rotatable bonds is 10. The average Bonchev–Trinajstić information content (AvgIpc) is 2.53. The van der Waals surface area contributed by atoms with Crippen molar-refractivity contribution in [1.29, 1.82) is 0 Å². The molecule has 0 aliphatic heterocycles. The summed E-state index contributed by atoms with van der Waals surface area (Å²) in [6, 6.07) is 14.7. The van der Waals surface area contributed by atoms with Crippen LogP contribution < -0.4 is 10.1 Å². The predicted octanol–water partition coefficient (Wildman–Crippen LogP) is 4.78. The van der Waals surface area contributed by atoms with Crippen molar-refractivity contribution in [2.75, 3.05) is 20.2 Å². The molecule has 2 aromatic carbocycles. The number of fused-ring (bicyclic) bond motifs is 1. The molecule has 0 radical (unpaired) electrons. The third-order valence-corrected chi connectivity index (χ3v) is 3.81. The first-order chi connectivity index (χ1) is 10.4. The Morgan fingerprint density at radius 1 is 0.810 bits per heavy atom. The first-order valence-corrected chi connectivity index (χ1v) is 8.16. The molecule has 0 bridgehead atoms. The number of ether oxygens (including phenoxy) is 1. The van der Waals surface area contributed by atoms with Crippen molar-refractivity contribution in [3.8, 4) is 5.75 Å². The summed E-state index contributed by atoms with van der Waals surface area (Å²) in [7, 11) is 2.02. The molecule has 2 nitrogen and oxygen atoms in total. The van der Waals surface area contributed by atoms with Gasteiger partial charge in [-0.15, -0.1) is 0 Å². The Labute approximate surface area is 128 Å². The van der Waals surface area contributed by atoms with Crippen LogP contribution in [-0.4, -0.2) is 20.2 Å². The molecular weight excluding hydrogens is 258 g/mol.